The molecule has 0 saturated heterocycles. The largest absolute Gasteiger partial charge is 0.716 e. The molecule has 0 heterocycles. The summed E-state index contributed by atoms with van der Waals surface area (Å²) < 4.78 is 26.7. The molecule has 0 radical (unpaired) electrons. The van der Waals surface area contributed by atoms with Crippen molar-refractivity contribution in [2.24, 2.45) is 0 Å². The summed E-state index contributed by atoms with van der Waals surface area (Å²) in [7, 11) is -10.5. The van der Waals surface area contributed by atoms with Gasteiger partial charge in [-0.1, -0.05) is 43.4 Å². The quantitative estimate of drug-likeness (QED) is 0.306. The average molecular weight is 473 g/mol. The molecule has 0 aliphatic heterocycles. The van der Waals surface area contributed by atoms with Crippen molar-refractivity contribution >= 4 is 48.9 Å². The summed E-state index contributed by atoms with van der Waals surface area (Å²) in [5, 5.41) is 0.993. The normalized spacial score (nSPS) is 14.5. The minimum Gasteiger partial charge on any atom is -0.490 e. The van der Waals surface area contributed by atoms with Crippen molar-refractivity contribution < 1.29 is 16.8 Å². The second-order valence-corrected chi connectivity index (χ2v) is 29.6. The summed E-state index contributed by atoms with van der Waals surface area (Å²) in [5.74, 6) is 0. The molecule has 0 saturated carbocycles. The van der Waals surface area contributed by atoms with Crippen LogP contribution in [0.25, 0.3) is 6.08 Å². The van der Waals surface area contributed by atoms with E-state index in [2.05, 4.69) is 90.2 Å². The third-order valence-electron chi connectivity index (χ3n) is 3.21. The Morgan fingerprint density at radius 2 is 1.11 bits per heavy atom. The molecule has 0 aliphatic rings. The lowest BCUT2D eigenvalue weighted by molar-refractivity contribution is 0.125. The molecule has 1 aromatic carbocycles. The van der Waals surface area contributed by atoms with Crippen molar-refractivity contribution in [3.63, 3.8) is 0 Å². The highest BCUT2D eigenvalue weighted by Gasteiger charge is 2.56. The number of hydrogen-bond acceptors (Lipinski definition) is 4. The van der Waals surface area contributed by atoms with E-state index in [-0.39, 0.29) is 0 Å². The fourth-order valence-corrected chi connectivity index (χ4v) is 15.8. The van der Waals surface area contributed by atoms with Crippen LogP contribution < -0.4 is 0 Å². The summed E-state index contributed by atoms with van der Waals surface area (Å²) in [4.78, 5) is 0. The van der Waals surface area contributed by atoms with Crippen LogP contribution in [0.4, 0.5) is 0 Å². The van der Waals surface area contributed by atoms with Crippen molar-refractivity contribution in [3.8, 4) is 0 Å². The summed E-state index contributed by atoms with van der Waals surface area (Å²) in [6.45, 7) is 24.1. The summed E-state index contributed by atoms with van der Waals surface area (Å²) in [6, 6.07) is 10.3. The number of hydrogen-bond donors (Lipinski definition) is 0. The van der Waals surface area contributed by atoms with Crippen LogP contribution in [0.3, 0.4) is 0 Å². The van der Waals surface area contributed by atoms with Crippen molar-refractivity contribution in [1.29, 1.82) is 0 Å². The molecule has 0 unspecified atom stereocenters. The molecule has 9 heteroatoms. The Hall–Kier alpha value is -0.276. The Morgan fingerprint density at radius 3 is 1.43 bits per heavy atom. The predicted molar refractivity (Wildman–Crippen MR) is 133 cm³/mol. The topological polar surface area (TPSA) is 36.9 Å². The van der Waals surface area contributed by atoms with E-state index in [9.17, 15) is 0 Å². The van der Waals surface area contributed by atoms with Crippen LogP contribution in [0.1, 0.15) is 5.56 Å². The van der Waals surface area contributed by atoms with Crippen molar-refractivity contribution in [2.75, 3.05) is 0 Å². The molecule has 0 fully saturated rings. The van der Waals surface area contributed by atoms with Gasteiger partial charge in [-0.2, -0.15) is 0 Å². The molecule has 0 aliphatic carbocycles. The Labute approximate surface area is 178 Å². The highest BCUT2D eigenvalue weighted by molar-refractivity contribution is 6.88. The van der Waals surface area contributed by atoms with E-state index >= 15 is 0 Å². The van der Waals surface area contributed by atoms with Gasteiger partial charge in [-0.25, -0.2) is 0 Å². The van der Waals surface area contributed by atoms with Gasteiger partial charge in [-0.05, 0) is 70.6 Å². The Morgan fingerprint density at radius 1 is 0.714 bits per heavy atom. The van der Waals surface area contributed by atoms with Gasteiger partial charge in [-0.15, -0.1) is 0 Å². The highest BCUT2D eigenvalue weighted by atomic mass is 28.5. The van der Waals surface area contributed by atoms with Crippen LogP contribution in [0.15, 0.2) is 35.7 Å². The lowest BCUT2D eigenvalue weighted by atomic mass is 10.2. The number of rotatable bonds is 10. The first-order chi connectivity index (χ1) is 12.5. The Bertz CT molecular complexity index is 602. The lowest BCUT2D eigenvalue weighted by Gasteiger charge is -2.41. The minimum atomic E-state index is -3.33. The zero-order valence-corrected chi connectivity index (χ0v) is 24.8. The van der Waals surface area contributed by atoms with Gasteiger partial charge in [0.2, 0.25) is 0 Å². The van der Waals surface area contributed by atoms with Gasteiger partial charge in [0.1, 0.15) is 8.80 Å². The lowest BCUT2D eigenvalue weighted by Crippen LogP contribution is -2.62. The third-order valence-corrected chi connectivity index (χ3v) is 15.7. The van der Waals surface area contributed by atoms with E-state index in [4.69, 9.17) is 16.8 Å². The van der Waals surface area contributed by atoms with Crippen LogP contribution in [-0.4, -0.2) is 42.8 Å². The summed E-state index contributed by atoms with van der Waals surface area (Å²) in [5.41, 5.74) is 1.13. The molecule has 4 nitrogen and oxygen atoms in total. The van der Waals surface area contributed by atoms with E-state index in [0.717, 1.165) is 10.9 Å². The molecule has 0 N–H and O–H groups in total. The second-order valence-electron chi connectivity index (χ2n) is 10.4. The van der Waals surface area contributed by atoms with Crippen molar-refractivity contribution in [3.05, 3.63) is 41.3 Å². The van der Waals surface area contributed by atoms with Gasteiger partial charge in [0.25, 0.3) is 0 Å². The molecule has 1 rings (SSSR count). The van der Waals surface area contributed by atoms with Crippen LogP contribution >= 0.6 is 0 Å². The first-order valence-corrected chi connectivity index (χ1v) is 24.8. The highest BCUT2D eigenvalue weighted by Crippen LogP contribution is 2.29. The van der Waals surface area contributed by atoms with E-state index in [0.29, 0.717) is 0 Å². The van der Waals surface area contributed by atoms with E-state index in [1.54, 1.807) is 0 Å². The first-order valence-electron chi connectivity index (χ1n) is 10.1. The van der Waals surface area contributed by atoms with Crippen LogP contribution in [0, 0.1) is 0 Å². The Balaban J connectivity index is 3.46. The SMILES string of the molecule is C[SiH](C)C(=Cc1ccccc1)O[Si](O[Si](C)(C)C)(O[Si](C)(C)C)O[Si](C)(C)C. The van der Waals surface area contributed by atoms with Crippen molar-refractivity contribution in [1.82, 2.24) is 0 Å². The monoisotopic (exact) mass is 472 g/mol. The molecule has 0 spiro atoms. The van der Waals surface area contributed by atoms with Gasteiger partial charge in [0.05, 0.1) is 5.38 Å². The van der Waals surface area contributed by atoms with Gasteiger partial charge < -0.3 is 16.8 Å². The van der Waals surface area contributed by atoms with Crippen molar-refractivity contribution in [2.45, 2.75) is 72.0 Å². The molecular formula is C19H40O4Si5. The molecule has 0 atom stereocenters. The fourth-order valence-electron chi connectivity index (χ4n) is 2.42. The second kappa shape index (κ2) is 9.69. The third kappa shape index (κ3) is 10.5. The predicted octanol–water partition coefficient (Wildman–Crippen LogP) is 6.06. The summed E-state index contributed by atoms with van der Waals surface area (Å²) >= 11 is 0. The van der Waals surface area contributed by atoms with E-state index in [1.807, 2.05) is 18.2 Å². The molecule has 0 bridgehead atoms. The van der Waals surface area contributed by atoms with Gasteiger partial charge >= 0.3 is 9.05 Å². The van der Waals surface area contributed by atoms with Crippen LogP contribution in [0.2, 0.25) is 72.0 Å². The summed E-state index contributed by atoms with van der Waals surface area (Å²) in [6.07, 6.45) is 2.15. The van der Waals surface area contributed by atoms with Crippen LogP contribution in [-0.2, 0) is 16.8 Å². The zero-order valence-electron chi connectivity index (χ0n) is 19.7. The Kier molecular flexibility index (Phi) is 8.91. The smallest absolute Gasteiger partial charge is 0.490 e. The zero-order chi connectivity index (χ0) is 21.8. The van der Waals surface area contributed by atoms with Gasteiger partial charge in [-0.3, -0.25) is 0 Å². The maximum absolute atomic E-state index is 6.73. The van der Waals surface area contributed by atoms with Gasteiger partial charge in [0.15, 0.2) is 25.0 Å². The van der Waals surface area contributed by atoms with E-state index < -0.39 is 42.8 Å². The molecular weight excluding hydrogens is 433 g/mol. The average Bonchev–Trinajstić information content (AvgIpc) is 2.41. The van der Waals surface area contributed by atoms with E-state index in [1.165, 1.54) is 0 Å². The standard InChI is InChI=1S/C19H40O4Si5/c1-24(2)19(17-18-15-13-12-14-16-18)20-28(21-25(3,4)5,22-26(6,7)8)23-27(9,10)11/h12-17,24H,1-11H3. The minimum absolute atomic E-state index is 0.993. The molecule has 160 valence electrons. The molecule has 28 heavy (non-hydrogen) atoms. The maximum atomic E-state index is 6.73. The molecule has 1 aromatic rings. The first kappa shape index (κ1) is 25.8. The number of benzene rings is 1. The molecule has 0 aromatic heterocycles. The molecule has 0 amide bonds. The fraction of sp³-hybridized carbons (Fsp3) is 0.579. The maximum Gasteiger partial charge on any atom is 0.716 e. The van der Waals surface area contributed by atoms with Crippen LogP contribution in [0.5, 0.6) is 0 Å². The van der Waals surface area contributed by atoms with Gasteiger partial charge in [0, 0.05) is 0 Å².